The van der Waals surface area contributed by atoms with Gasteiger partial charge in [0.25, 0.3) is 5.91 Å². The van der Waals surface area contributed by atoms with E-state index in [1.807, 2.05) is 0 Å². The summed E-state index contributed by atoms with van der Waals surface area (Å²) in [6, 6.07) is 3.90. The van der Waals surface area contributed by atoms with Gasteiger partial charge in [-0.25, -0.2) is 14.4 Å². The van der Waals surface area contributed by atoms with Crippen molar-refractivity contribution < 1.29 is 9.18 Å². The highest BCUT2D eigenvalue weighted by Crippen LogP contribution is 2.40. The van der Waals surface area contributed by atoms with E-state index in [1.54, 1.807) is 22.6 Å². The zero-order valence-corrected chi connectivity index (χ0v) is 16.7. The van der Waals surface area contributed by atoms with Crippen molar-refractivity contribution in [1.82, 2.24) is 14.9 Å². The maximum absolute atomic E-state index is 13.3. The highest BCUT2D eigenvalue weighted by Gasteiger charge is 2.28. The molecule has 0 bridgehead atoms. The summed E-state index contributed by atoms with van der Waals surface area (Å²) < 4.78 is 13.3. The fourth-order valence-corrected chi connectivity index (χ4v) is 5.58. The molecule has 1 fully saturated rings. The minimum absolute atomic E-state index is 0.152. The van der Waals surface area contributed by atoms with Gasteiger partial charge in [0.2, 0.25) is 0 Å². The van der Waals surface area contributed by atoms with Gasteiger partial charge in [0.05, 0.1) is 16.0 Å². The van der Waals surface area contributed by atoms with Crippen LogP contribution in [0.3, 0.4) is 0 Å². The number of carbonyl (C=O) groups is 1. The van der Waals surface area contributed by atoms with E-state index in [0.717, 1.165) is 23.5 Å². The van der Waals surface area contributed by atoms with E-state index in [9.17, 15) is 9.18 Å². The third-order valence-electron chi connectivity index (χ3n) is 5.51. The molecule has 2 aliphatic rings. The maximum Gasteiger partial charge on any atom is 0.255 e. The molecule has 144 valence electrons. The molecule has 8 heteroatoms. The van der Waals surface area contributed by atoms with Gasteiger partial charge in [0.1, 0.15) is 22.8 Å². The third-order valence-corrected chi connectivity index (χ3v) is 7.02. The Bertz CT molecular complexity index is 1080. The molecule has 3 aromatic rings. The van der Waals surface area contributed by atoms with Crippen LogP contribution in [0.25, 0.3) is 10.2 Å². The van der Waals surface area contributed by atoms with Crippen LogP contribution in [0.1, 0.15) is 27.2 Å². The van der Waals surface area contributed by atoms with E-state index in [-0.39, 0.29) is 10.9 Å². The zero-order chi connectivity index (χ0) is 19.3. The SMILES string of the molecule is O=C(c1ccc(F)cc1Cl)N1CCN(c2ncnc3sc4c(c23)CCC4)CC1. The fourth-order valence-electron chi connectivity index (χ4n) is 4.11. The van der Waals surface area contributed by atoms with E-state index in [0.29, 0.717) is 31.7 Å². The summed E-state index contributed by atoms with van der Waals surface area (Å²) >= 11 is 7.84. The molecule has 1 aliphatic carbocycles. The molecule has 1 amide bonds. The molecule has 1 aliphatic heterocycles. The first kappa shape index (κ1) is 17.8. The summed E-state index contributed by atoms with van der Waals surface area (Å²) in [4.78, 5) is 28.3. The van der Waals surface area contributed by atoms with Gasteiger partial charge < -0.3 is 9.80 Å². The molecule has 5 rings (SSSR count). The van der Waals surface area contributed by atoms with Crippen molar-refractivity contribution in [2.45, 2.75) is 19.3 Å². The highest BCUT2D eigenvalue weighted by molar-refractivity contribution is 7.19. The highest BCUT2D eigenvalue weighted by atomic mass is 35.5. The lowest BCUT2D eigenvalue weighted by Gasteiger charge is -2.35. The zero-order valence-electron chi connectivity index (χ0n) is 15.1. The van der Waals surface area contributed by atoms with Crippen LogP contribution in [0, 0.1) is 5.82 Å². The van der Waals surface area contributed by atoms with Gasteiger partial charge in [-0.1, -0.05) is 11.6 Å². The minimum Gasteiger partial charge on any atom is -0.352 e. The Labute approximate surface area is 170 Å². The first-order chi connectivity index (χ1) is 13.6. The lowest BCUT2D eigenvalue weighted by atomic mass is 10.1. The molecule has 0 spiro atoms. The topological polar surface area (TPSA) is 49.3 Å². The minimum atomic E-state index is -0.442. The van der Waals surface area contributed by atoms with Crippen molar-refractivity contribution in [3.05, 3.63) is 51.4 Å². The lowest BCUT2D eigenvalue weighted by molar-refractivity contribution is 0.0746. The van der Waals surface area contributed by atoms with Crippen molar-refractivity contribution in [3.8, 4) is 0 Å². The van der Waals surface area contributed by atoms with Crippen molar-refractivity contribution in [2.75, 3.05) is 31.1 Å². The summed E-state index contributed by atoms with van der Waals surface area (Å²) in [5.41, 5.74) is 1.75. The van der Waals surface area contributed by atoms with Crippen LogP contribution in [-0.2, 0) is 12.8 Å². The molecule has 0 atom stereocenters. The van der Waals surface area contributed by atoms with Gasteiger partial charge >= 0.3 is 0 Å². The van der Waals surface area contributed by atoms with E-state index in [4.69, 9.17) is 11.6 Å². The summed E-state index contributed by atoms with van der Waals surface area (Å²) in [7, 11) is 0. The average Bonchev–Trinajstić information content (AvgIpc) is 3.28. The van der Waals surface area contributed by atoms with Gasteiger partial charge in [0.15, 0.2) is 0 Å². The molecule has 2 aromatic heterocycles. The smallest absolute Gasteiger partial charge is 0.255 e. The number of anilines is 1. The lowest BCUT2D eigenvalue weighted by Crippen LogP contribution is -2.49. The molecule has 0 radical (unpaired) electrons. The number of piperazine rings is 1. The van der Waals surface area contributed by atoms with E-state index in [2.05, 4.69) is 14.9 Å². The summed E-state index contributed by atoms with van der Waals surface area (Å²) in [5.74, 6) is 0.382. The summed E-state index contributed by atoms with van der Waals surface area (Å²) in [5, 5.41) is 1.35. The molecular formula is C20H18ClFN4OS. The summed E-state index contributed by atoms with van der Waals surface area (Å²) in [6.45, 7) is 2.54. The Balaban J connectivity index is 1.37. The van der Waals surface area contributed by atoms with Crippen LogP contribution < -0.4 is 4.90 Å². The molecule has 3 heterocycles. The number of thiophene rings is 1. The number of fused-ring (bicyclic) bond motifs is 3. The van der Waals surface area contributed by atoms with Gasteiger partial charge in [0, 0.05) is 31.1 Å². The number of carbonyl (C=O) groups excluding carboxylic acids is 1. The van der Waals surface area contributed by atoms with Gasteiger partial charge in [-0.15, -0.1) is 11.3 Å². The molecule has 0 N–H and O–H groups in total. The van der Waals surface area contributed by atoms with E-state index >= 15 is 0 Å². The number of aryl methyl sites for hydroxylation is 2. The maximum atomic E-state index is 13.3. The molecule has 28 heavy (non-hydrogen) atoms. The average molecular weight is 417 g/mol. The number of hydrogen-bond donors (Lipinski definition) is 0. The Kier molecular flexibility index (Phi) is 4.44. The predicted molar refractivity (Wildman–Crippen MR) is 109 cm³/mol. The van der Waals surface area contributed by atoms with Gasteiger partial charge in [-0.3, -0.25) is 4.79 Å². The van der Waals surface area contributed by atoms with Crippen molar-refractivity contribution in [1.29, 1.82) is 0 Å². The molecule has 1 saturated heterocycles. The standard InChI is InChI=1S/C20H18ClFN4OS/c21-15-10-12(22)4-5-13(15)20(27)26-8-6-25(7-9-26)18-17-14-2-1-3-16(14)28-19(17)24-11-23-18/h4-5,10-11H,1-3,6-9H2. The first-order valence-electron chi connectivity index (χ1n) is 9.36. The van der Waals surface area contributed by atoms with Crippen LogP contribution in [-0.4, -0.2) is 47.0 Å². The second kappa shape index (κ2) is 6.97. The van der Waals surface area contributed by atoms with E-state index in [1.165, 1.54) is 40.4 Å². The van der Waals surface area contributed by atoms with Crippen LogP contribution in [0.4, 0.5) is 10.2 Å². The Morgan fingerprint density at radius 2 is 1.96 bits per heavy atom. The first-order valence-corrected chi connectivity index (χ1v) is 10.6. The normalized spacial score (nSPS) is 16.6. The number of amides is 1. The molecular weight excluding hydrogens is 399 g/mol. The second-order valence-corrected chi connectivity index (χ2v) is 8.63. The molecule has 1 aromatic carbocycles. The predicted octanol–water partition coefficient (Wildman–Crippen LogP) is 3.93. The van der Waals surface area contributed by atoms with Crippen molar-refractivity contribution in [2.24, 2.45) is 0 Å². The molecule has 5 nitrogen and oxygen atoms in total. The quantitative estimate of drug-likeness (QED) is 0.635. The van der Waals surface area contributed by atoms with Crippen molar-refractivity contribution >= 4 is 44.9 Å². The number of hydrogen-bond acceptors (Lipinski definition) is 5. The molecule has 0 saturated carbocycles. The van der Waals surface area contributed by atoms with Crippen molar-refractivity contribution in [3.63, 3.8) is 0 Å². The van der Waals surface area contributed by atoms with Crippen LogP contribution in [0.2, 0.25) is 5.02 Å². The largest absolute Gasteiger partial charge is 0.352 e. The number of rotatable bonds is 2. The monoisotopic (exact) mass is 416 g/mol. The number of nitrogens with zero attached hydrogens (tertiary/aromatic N) is 4. The van der Waals surface area contributed by atoms with Crippen LogP contribution in [0.5, 0.6) is 0 Å². The Hall–Kier alpha value is -2.25. The number of halogens is 2. The Morgan fingerprint density at radius 1 is 1.14 bits per heavy atom. The molecule has 0 unspecified atom stereocenters. The van der Waals surface area contributed by atoms with Gasteiger partial charge in [-0.05, 0) is 43.0 Å². The van der Waals surface area contributed by atoms with Crippen LogP contribution in [0.15, 0.2) is 24.5 Å². The fraction of sp³-hybridized carbons (Fsp3) is 0.350. The Morgan fingerprint density at radius 3 is 2.75 bits per heavy atom. The van der Waals surface area contributed by atoms with Crippen LogP contribution >= 0.6 is 22.9 Å². The number of aromatic nitrogens is 2. The summed E-state index contributed by atoms with van der Waals surface area (Å²) in [6.07, 6.45) is 5.07. The number of benzene rings is 1. The second-order valence-electron chi connectivity index (χ2n) is 7.14. The van der Waals surface area contributed by atoms with E-state index < -0.39 is 5.82 Å². The third kappa shape index (κ3) is 2.93. The van der Waals surface area contributed by atoms with Gasteiger partial charge in [-0.2, -0.15) is 0 Å².